The average molecular weight is 178 g/mol. The van der Waals surface area contributed by atoms with E-state index in [4.69, 9.17) is 9.47 Å². The van der Waals surface area contributed by atoms with Crippen LogP contribution in [0, 0.1) is 0 Å². The lowest BCUT2D eigenvalue weighted by Crippen LogP contribution is -2.16. The van der Waals surface area contributed by atoms with Crippen molar-refractivity contribution < 1.29 is 13.7 Å². The summed E-state index contributed by atoms with van der Waals surface area (Å²) in [6.07, 6.45) is 0.645. The van der Waals surface area contributed by atoms with Gasteiger partial charge in [-0.05, 0) is 6.92 Å². The van der Waals surface area contributed by atoms with E-state index in [9.17, 15) is 4.21 Å². The van der Waals surface area contributed by atoms with Gasteiger partial charge in [-0.25, -0.2) is 0 Å². The fraction of sp³-hybridized carbons (Fsp3) is 1.00. The van der Waals surface area contributed by atoms with E-state index in [1.165, 1.54) is 0 Å². The van der Waals surface area contributed by atoms with Crippen LogP contribution in [-0.2, 0) is 20.3 Å². The lowest BCUT2D eigenvalue weighted by atomic mass is 10.5. The Morgan fingerprint density at radius 1 is 1.64 bits per heavy atom. The SMILES string of the molecule is CCO[C@H]1CCS(=O)CCO1. The molecule has 66 valence electrons. The van der Waals surface area contributed by atoms with Crippen LogP contribution < -0.4 is 0 Å². The monoisotopic (exact) mass is 178 g/mol. The van der Waals surface area contributed by atoms with Crippen LogP contribution in [0.5, 0.6) is 0 Å². The van der Waals surface area contributed by atoms with Gasteiger partial charge in [-0.3, -0.25) is 4.21 Å². The molecule has 0 bridgehead atoms. The van der Waals surface area contributed by atoms with E-state index in [0.29, 0.717) is 24.7 Å². The van der Waals surface area contributed by atoms with E-state index >= 15 is 0 Å². The van der Waals surface area contributed by atoms with E-state index in [-0.39, 0.29) is 6.29 Å². The van der Waals surface area contributed by atoms with E-state index in [0.717, 1.165) is 6.42 Å². The van der Waals surface area contributed by atoms with Crippen LogP contribution in [0.4, 0.5) is 0 Å². The summed E-state index contributed by atoms with van der Waals surface area (Å²) in [5.41, 5.74) is 0. The van der Waals surface area contributed by atoms with Crippen LogP contribution in [0.15, 0.2) is 0 Å². The van der Waals surface area contributed by atoms with Crippen LogP contribution in [0.25, 0.3) is 0 Å². The molecule has 0 aliphatic carbocycles. The van der Waals surface area contributed by atoms with Crippen LogP contribution in [0.2, 0.25) is 0 Å². The third-order valence-corrected chi connectivity index (χ3v) is 2.86. The van der Waals surface area contributed by atoms with Crippen molar-refractivity contribution in [3.63, 3.8) is 0 Å². The molecule has 0 spiro atoms. The minimum Gasteiger partial charge on any atom is -0.353 e. The minimum absolute atomic E-state index is 0.119. The standard InChI is InChI=1S/C7H14O3S/c1-2-9-7-3-5-11(8)6-4-10-7/h7H,2-6H2,1H3/t7-,11?/m1/s1. The molecule has 3 nitrogen and oxygen atoms in total. The van der Waals surface area contributed by atoms with Gasteiger partial charge >= 0.3 is 0 Å². The van der Waals surface area contributed by atoms with Gasteiger partial charge in [0, 0.05) is 35.3 Å². The molecule has 0 saturated carbocycles. The second-order valence-electron chi connectivity index (χ2n) is 2.39. The molecule has 0 aromatic heterocycles. The van der Waals surface area contributed by atoms with Gasteiger partial charge in [0.05, 0.1) is 6.61 Å². The zero-order valence-corrected chi connectivity index (χ0v) is 7.56. The highest BCUT2D eigenvalue weighted by atomic mass is 32.2. The van der Waals surface area contributed by atoms with Gasteiger partial charge < -0.3 is 9.47 Å². The van der Waals surface area contributed by atoms with Gasteiger partial charge in [0.1, 0.15) is 0 Å². The molecular weight excluding hydrogens is 164 g/mol. The summed E-state index contributed by atoms with van der Waals surface area (Å²) >= 11 is 0. The molecule has 1 heterocycles. The number of hydrogen-bond acceptors (Lipinski definition) is 3. The van der Waals surface area contributed by atoms with Crippen molar-refractivity contribution in [1.82, 2.24) is 0 Å². The molecule has 1 unspecified atom stereocenters. The molecule has 1 saturated heterocycles. The molecule has 1 aliphatic heterocycles. The zero-order chi connectivity index (χ0) is 8.10. The zero-order valence-electron chi connectivity index (χ0n) is 6.75. The molecule has 0 radical (unpaired) electrons. The maximum atomic E-state index is 11.0. The summed E-state index contributed by atoms with van der Waals surface area (Å²) in [5, 5.41) is 0. The Morgan fingerprint density at radius 3 is 3.18 bits per heavy atom. The fourth-order valence-corrected chi connectivity index (χ4v) is 1.94. The lowest BCUT2D eigenvalue weighted by Gasteiger charge is -2.13. The highest BCUT2D eigenvalue weighted by molar-refractivity contribution is 7.85. The van der Waals surface area contributed by atoms with Crippen LogP contribution in [0.1, 0.15) is 13.3 Å². The minimum atomic E-state index is -0.687. The first-order valence-electron chi connectivity index (χ1n) is 3.91. The highest BCUT2D eigenvalue weighted by Gasteiger charge is 2.15. The molecule has 1 fully saturated rings. The Bertz CT molecular complexity index is 138. The van der Waals surface area contributed by atoms with Crippen molar-refractivity contribution in [3.05, 3.63) is 0 Å². The Hall–Kier alpha value is 0.0700. The summed E-state index contributed by atoms with van der Waals surface area (Å²) in [7, 11) is -0.687. The molecule has 1 aliphatic rings. The van der Waals surface area contributed by atoms with E-state index < -0.39 is 10.8 Å². The Morgan fingerprint density at radius 2 is 2.45 bits per heavy atom. The summed E-state index contributed by atoms with van der Waals surface area (Å²) < 4.78 is 21.6. The topological polar surface area (TPSA) is 35.5 Å². The quantitative estimate of drug-likeness (QED) is 0.618. The van der Waals surface area contributed by atoms with Crippen molar-refractivity contribution in [2.24, 2.45) is 0 Å². The van der Waals surface area contributed by atoms with Gasteiger partial charge in [0.25, 0.3) is 0 Å². The molecule has 1 rings (SSSR count). The number of hydrogen-bond donors (Lipinski definition) is 0. The summed E-state index contributed by atoms with van der Waals surface area (Å²) in [6, 6.07) is 0. The largest absolute Gasteiger partial charge is 0.353 e. The molecule has 0 N–H and O–H groups in total. The van der Waals surface area contributed by atoms with Crippen LogP contribution >= 0.6 is 0 Å². The van der Waals surface area contributed by atoms with Crippen LogP contribution in [0.3, 0.4) is 0 Å². The van der Waals surface area contributed by atoms with Gasteiger partial charge in [-0.15, -0.1) is 0 Å². The molecule has 4 heteroatoms. The van der Waals surface area contributed by atoms with Crippen molar-refractivity contribution in [3.8, 4) is 0 Å². The summed E-state index contributed by atoms with van der Waals surface area (Å²) in [6.45, 7) is 3.17. The lowest BCUT2D eigenvalue weighted by molar-refractivity contribution is -0.133. The smallest absolute Gasteiger partial charge is 0.158 e. The Kier molecular flexibility index (Phi) is 4.04. The van der Waals surface area contributed by atoms with E-state index in [1.54, 1.807) is 0 Å². The third kappa shape index (κ3) is 3.31. The number of ether oxygens (including phenoxy) is 2. The first kappa shape index (κ1) is 9.16. The van der Waals surface area contributed by atoms with E-state index in [2.05, 4.69) is 0 Å². The second-order valence-corrected chi connectivity index (χ2v) is 4.09. The Labute approximate surface area is 69.5 Å². The van der Waals surface area contributed by atoms with Crippen LogP contribution in [-0.4, -0.2) is 35.2 Å². The maximum Gasteiger partial charge on any atom is 0.158 e. The highest BCUT2D eigenvalue weighted by Crippen LogP contribution is 2.06. The van der Waals surface area contributed by atoms with Gasteiger partial charge in [0.2, 0.25) is 0 Å². The maximum absolute atomic E-state index is 11.0. The Balaban J connectivity index is 2.28. The van der Waals surface area contributed by atoms with Gasteiger partial charge in [-0.1, -0.05) is 0 Å². The molecule has 2 atom stereocenters. The average Bonchev–Trinajstić information content (AvgIpc) is 2.17. The predicted molar refractivity (Wildman–Crippen MR) is 43.9 cm³/mol. The molecule has 0 amide bonds. The first-order chi connectivity index (χ1) is 5.33. The molecule has 0 aromatic rings. The summed E-state index contributed by atoms with van der Waals surface area (Å²) in [5.74, 6) is 1.37. The second kappa shape index (κ2) is 4.85. The van der Waals surface area contributed by atoms with Gasteiger partial charge in [-0.2, -0.15) is 0 Å². The fourth-order valence-electron chi connectivity index (χ4n) is 1.00. The van der Waals surface area contributed by atoms with E-state index in [1.807, 2.05) is 6.92 Å². The van der Waals surface area contributed by atoms with Gasteiger partial charge in [0.15, 0.2) is 6.29 Å². The van der Waals surface area contributed by atoms with Crippen molar-refractivity contribution in [2.45, 2.75) is 19.6 Å². The predicted octanol–water partition coefficient (Wildman–Crippen LogP) is 0.518. The summed E-state index contributed by atoms with van der Waals surface area (Å²) in [4.78, 5) is 0. The first-order valence-corrected chi connectivity index (χ1v) is 5.40. The normalized spacial score (nSPS) is 33.2. The molecule has 0 aromatic carbocycles. The van der Waals surface area contributed by atoms with Crippen molar-refractivity contribution in [1.29, 1.82) is 0 Å². The van der Waals surface area contributed by atoms with Crippen molar-refractivity contribution >= 4 is 10.8 Å². The van der Waals surface area contributed by atoms with Crippen molar-refractivity contribution in [2.75, 3.05) is 24.7 Å². The molecule has 11 heavy (non-hydrogen) atoms. The third-order valence-electron chi connectivity index (χ3n) is 1.55. The number of rotatable bonds is 2. The molecular formula is C7H14O3S.